The Balaban J connectivity index is 2.91. The summed E-state index contributed by atoms with van der Waals surface area (Å²) >= 11 is 0. The van der Waals surface area contributed by atoms with E-state index in [0.717, 1.165) is 0 Å². The van der Waals surface area contributed by atoms with E-state index in [1.54, 1.807) is 13.8 Å². The van der Waals surface area contributed by atoms with Crippen molar-refractivity contribution in [1.29, 1.82) is 0 Å². The summed E-state index contributed by atoms with van der Waals surface area (Å²) < 4.78 is 4.96. The number of hydrogen-bond acceptors (Lipinski definition) is 5. The van der Waals surface area contributed by atoms with Gasteiger partial charge in [-0.15, -0.1) is 0 Å². The highest BCUT2D eigenvalue weighted by Crippen LogP contribution is 2.41. The van der Waals surface area contributed by atoms with E-state index in [9.17, 15) is 15.3 Å². The largest absolute Gasteiger partial charge is 0.394 e. The van der Waals surface area contributed by atoms with Crippen LogP contribution < -0.4 is 0 Å². The molecule has 5 nitrogen and oxygen atoms in total. The van der Waals surface area contributed by atoms with Crippen molar-refractivity contribution < 1.29 is 25.2 Å². The van der Waals surface area contributed by atoms with Crippen LogP contribution >= 0.6 is 0 Å². The molecule has 1 heterocycles. The Kier molecular flexibility index (Phi) is 3.49. The fourth-order valence-corrected chi connectivity index (χ4v) is 1.98. The smallest absolute Gasteiger partial charge is 0.182 e. The van der Waals surface area contributed by atoms with E-state index in [1.807, 2.05) is 0 Å². The Morgan fingerprint density at radius 2 is 2.00 bits per heavy atom. The second kappa shape index (κ2) is 4.12. The van der Waals surface area contributed by atoms with Crippen LogP contribution in [-0.2, 0) is 4.74 Å². The molecule has 0 radical (unpaired) electrons. The lowest BCUT2D eigenvalue weighted by molar-refractivity contribution is -0.132. The maximum atomic E-state index is 9.74. The molecule has 1 saturated heterocycles. The molecular formula is C9H18O5. The van der Waals surface area contributed by atoms with Gasteiger partial charge in [-0.05, 0) is 6.42 Å². The van der Waals surface area contributed by atoms with Crippen molar-refractivity contribution in [2.24, 2.45) is 5.41 Å². The van der Waals surface area contributed by atoms with Gasteiger partial charge in [0.1, 0.15) is 6.10 Å². The van der Waals surface area contributed by atoms with Gasteiger partial charge in [0.05, 0.1) is 24.2 Å². The first-order valence-electron chi connectivity index (χ1n) is 4.79. The average Bonchev–Trinajstić information content (AvgIpc) is 2.42. The van der Waals surface area contributed by atoms with E-state index in [2.05, 4.69) is 0 Å². The lowest BCUT2D eigenvalue weighted by Gasteiger charge is -2.35. The number of aliphatic hydroxyl groups excluding tert-OH is 4. The molecule has 5 unspecified atom stereocenters. The normalized spacial score (nSPS) is 45.4. The lowest BCUT2D eigenvalue weighted by atomic mass is 9.75. The van der Waals surface area contributed by atoms with E-state index in [4.69, 9.17) is 9.84 Å². The second-order valence-electron chi connectivity index (χ2n) is 3.93. The quantitative estimate of drug-likeness (QED) is 0.467. The number of rotatable bonds is 3. The van der Waals surface area contributed by atoms with Gasteiger partial charge in [-0.25, -0.2) is 0 Å². The number of hydrogen-bond donors (Lipinski definition) is 4. The molecule has 0 aromatic rings. The molecule has 0 amide bonds. The van der Waals surface area contributed by atoms with Gasteiger partial charge in [-0.1, -0.05) is 13.8 Å². The van der Waals surface area contributed by atoms with Crippen LogP contribution in [0.15, 0.2) is 0 Å². The summed E-state index contributed by atoms with van der Waals surface area (Å²) in [6.07, 6.45) is -3.62. The lowest BCUT2D eigenvalue weighted by Crippen LogP contribution is -2.48. The van der Waals surface area contributed by atoms with Gasteiger partial charge < -0.3 is 25.2 Å². The van der Waals surface area contributed by atoms with Crippen LogP contribution in [0.3, 0.4) is 0 Å². The first-order valence-corrected chi connectivity index (χ1v) is 4.79. The molecule has 84 valence electrons. The predicted molar refractivity (Wildman–Crippen MR) is 48.4 cm³/mol. The van der Waals surface area contributed by atoms with Crippen molar-refractivity contribution in [3.05, 3.63) is 0 Å². The van der Waals surface area contributed by atoms with Crippen LogP contribution in [0.2, 0.25) is 0 Å². The molecule has 0 saturated carbocycles. The molecule has 14 heavy (non-hydrogen) atoms. The van der Waals surface area contributed by atoms with Crippen LogP contribution in [0.5, 0.6) is 0 Å². The molecule has 0 aromatic carbocycles. The SMILES string of the molecule is CCC(O)C1(C)C(CO)OC(O)C1O. The Morgan fingerprint density at radius 1 is 1.43 bits per heavy atom. The molecule has 0 aromatic heterocycles. The minimum Gasteiger partial charge on any atom is -0.394 e. The van der Waals surface area contributed by atoms with Crippen molar-refractivity contribution >= 4 is 0 Å². The van der Waals surface area contributed by atoms with Gasteiger partial charge in [0, 0.05) is 0 Å². The molecule has 5 atom stereocenters. The minimum atomic E-state index is -1.33. The van der Waals surface area contributed by atoms with Crippen molar-refractivity contribution in [3.63, 3.8) is 0 Å². The third-order valence-electron chi connectivity index (χ3n) is 3.18. The van der Waals surface area contributed by atoms with Crippen LogP contribution in [0.25, 0.3) is 0 Å². The van der Waals surface area contributed by atoms with Crippen molar-refractivity contribution in [3.8, 4) is 0 Å². The Hall–Kier alpha value is -0.200. The molecule has 1 aliphatic rings. The first kappa shape index (κ1) is 11.9. The zero-order chi connectivity index (χ0) is 10.9. The minimum absolute atomic E-state index is 0.332. The van der Waals surface area contributed by atoms with Gasteiger partial charge in [0.15, 0.2) is 6.29 Å². The van der Waals surface area contributed by atoms with Gasteiger partial charge in [-0.3, -0.25) is 0 Å². The zero-order valence-corrected chi connectivity index (χ0v) is 8.42. The second-order valence-corrected chi connectivity index (χ2v) is 3.93. The fourth-order valence-electron chi connectivity index (χ4n) is 1.98. The predicted octanol–water partition coefficient (Wildman–Crippen LogP) is -1.17. The van der Waals surface area contributed by atoms with E-state index in [-0.39, 0.29) is 6.61 Å². The van der Waals surface area contributed by atoms with Gasteiger partial charge in [0.25, 0.3) is 0 Å². The molecule has 4 N–H and O–H groups in total. The summed E-state index contributed by atoms with van der Waals surface area (Å²) in [5.74, 6) is 0. The number of aliphatic hydroxyl groups is 4. The summed E-state index contributed by atoms with van der Waals surface area (Å²) in [6, 6.07) is 0. The van der Waals surface area contributed by atoms with Gasteiger partial charge in [-0.2, -0.15) is 0 Å². The number of ether oxygens (including phenoxy) is 1. The Bertz CT molecular complexity index is 198. The third-order valence-corrected chi connectivity index (χ3v) is 3.18. The zero-order valence-electron chi connectivity index (χ0n) is 8.42. The molecule has 1 fully saturated rings. The summed E-state index contributed by atoms with van der Waals surface area (Å²) in [5, 5.41) is 37.7. The molecule has 5 heteroatoms. The van der Waals surface area contributed by atoms with Crippen molar-refractivity contribution in [2.45, 2.75) is 44.9 Å². The maximum absolute atomic E-state index is 9.74. The third kappa shape index (κ3) is 1.55. The van der Waals surface area contributed by atoms with E-state index in [1.165, 1.54) is 0 Å². The summed E-state index contributed by atoms with van der Waals surface area (Å²) in [7, 11) is 0. The first-order chi connectivity index (χ1) is 6.48. The van der Waals surface area contributed by atoms with Crippen LogP contribution in [0.4, 0.5) is 0 Å². The Labute approximate surface area is 82.9 Å². The van der Waals surface area contributed by atoms with E-state index >= 15 is 0 Å². The highest BCUT2D eigenvalue weighted by molar-refractivity contribution is 5.00. The molecule has 1 aliphatic heterocycles. The Morgan fingerprint density at radius 3 is 2.43 bits per heavy atom. The topological polar surface area (TPSA) is 90.2 Å². The van der Waals surface area contributed by atoms with Crippen LogP contribution in [0, 0.1) is 5.41 Å². The van der Waals surface area contributed by atoms with E-state index < -0.39 is 30.0 Å². The summed E-state index contributed by atoms with van der Waals surface area (Å²) in [6.45, 7) is 3.03. The standard InChI is InChI=1S/C9H18O5/c1-3-5(11)9(2)6(4-10)14-8(13)7(9)12/h5-8,10-13H,3-4H2,1-2H3. The van der Waals surface area contributed by atoms with Crippen LogP contribution in [-0.4, -0.2) is 51.6 Å². The molecule has 0 bridgehead atoms. The summed E-state index contributed by atoms with van der Waals surface area (Å²) in [5.41, 5.74) is -1.01. The molecular weight excluding hydrogens is 188 g/mol. The van der Waals surface area contributed by atoms with Crippen molar-refractivity contribution in [1.82, 2.24) is 0 Å². The molecule has 0 aliphatic carbocycles. The summed E-state index contributed by atoms with van der Waals surface area (Å²) in [4.78, 5) is 0. The highest BCUT2D eigenvalue weighted by Gasteiger charge is 2.55. The highest BCUT2D eigenvalue weighted by atomic mass is 16.6. The van der Waals surface area contributed by atoms with Gasteiger partial charge in [0.2, 0.25) is 0 Å². The molecule has 1 rings (SSSR count). The van der Waals surface area contributed by atoms with Crippen LogP contribution in [0.1, 0.15) is 20.3 Å². The monoisotopic (exact) mass is 206 g/mol. The molecule has 0 spiro atoms. The van der Waals surface area contributed by atoms with Crippen molar-refractivity contribution in [2.75, 3.05) is 6.61 Å². The average molecular weight is 206 g/mol. The van der Waals surface area contributed by atoms with Gasteiger partial charge >= 0.3 is 0 Å². The van der Waals surface area contributed by atoms with E-state index in [0.29, 0.717) is 6.42 Å². The maximum Gasteiger partial charge on any atom is 0.182 e. The fraction of sp³-hybridized carbons (Fsp3) is 1.00.